The second-order valence-corrected chi connectivity index (χ2v) is 6.15. The van der Waals surface area contributed by atoms with E-state index in [1.54, 1.807) is 54.6 Å². The molecule has 0 aliphatic carbocycles. The van der Waals surface area contributed by atoms with Crippen molar-refractivity contribution < 1.29 is 24.2 Å². The average molecular weight is 377 g/mol. The molecule has 8 heteroatoms. The van der Waals surface area contributed by atoms with E-state index in [0.29, 0.717) is 22.2 Å². The highest BCUT2D eigenvalue weighted by Crippen LogP contribution is 2.35. The number of nitrogens with zero attached hydrogens (tertiary/aromatic N) is 2. The van der Waals surface area contributed by atoms with E-state index in [-0.39, 0.29) is 11.4 Å². The molecular weight excluding hydrogens is 362 g/mol. The first-order valence-electron chi connectivity index (χ1n) is 8.46. The number of para-hydroxylation sites is 1. The molecule has 1 atom stereocenters. The van der Waals surface area contributed by atoms with Crippen LogP contribution in [0.15, 0.2) is 59.6 Å². The van der Waals surface area contributed by atoms with E-state index in [4.69, 9.17) is 4.74 Å². The van der Waals surface area contributed by atoms with Gasteiger partial charge in [0.15, 0.2) is 0 Å². The van der Waals surface area contributed by atoms with Crippen molar-refractivity contribution in [1.29, 1.82) is 0 Å². The Morgan fingerprint density at radius 1 is 1.11 bits per heavy atom. The normalized spacial score (nSPS) is 16.0. The van der Waals surface area contributed by atoms with E-state index < -0.39 is 24.2 Å². The zero-order valence-electron chi connectivity index (χ0n) is 14.7. The van der Waals surface area contributed by atoms with Crippen LogP contribution in [0.2, 0.25) is 0 Å². The van der Waals surface area contributed by atoms with Crippen LogP contribution in [0.4, 0.5) is 10.5 Å². The molecule has 3 aromatic rings. The van der Waals surface area contributed by atoms with Crippen molar-refractivity contribution >= 4 is 40.3 Å². The van der Waals surface area contributed by atoms with Crippen LogP contribution in [0.3, 0.4) is 0 Å². The highest BCUT2D eigenvalue weighted by Gasteiger charge is 2.33. The molecule has 1 amide bonds. The summed E-state index contributed by atoms with van der Waals surface area (Å²) in [6.07, 6.45) is -2.65. The fourth-order valence-electron chi connectivity index (χ4n) is 3.26. The minimum absolute atomic E-state index is 0.211. The summed E-state index contributed by atoms with van der Waals surface area (Å²) in [6, 6.07) is 15.7. The Balaban J connectivity index is 2.08. The zero-order chi connectivity index (χ0) is 19.8. The van der Waals surface area contributed by atoms with Crippen molar-refractivity contribution in [1.82, 2.24) is 4.57 Å². The van der Waals surface area contributed by atoms with Gasteiger partial charge in [-0.3, -0.25) is 9.59 Å². The first-order valence-corrected chi connectivity index (χ1v) is 8.46. The number of hydrogen-bond acceptors (Lipinski definition) is 5. The summed E-state index contributed by atoms with van der Waals surface area (Å²) < 4.78 is 6.13. The Morgan fingerprint density at radius 3 is 2.46 bits per heavy atom. The van der Waals surface area contributed by atoms with Gasteiger partial charge in [0.05, 0.1) is 16.9 Å². The maximum atomic E-state index is 12.7. The second kappa shape index (κ2) is 6.66. The lowest BCUT2D eigenvalue weighted by molar-refractivity contribution is -0.151. The smallest absolute Gasteiger partial charge is 0.416 e. The number of nitrogens with one attached hydrogen (secondary N) is 1. The highest BCUT2D eigenvalue weighted by atomic mass is 16.6. The van der Waals surface area contributed by atoms with Crippen LogP contribution in [0.25, 0.3) is 10.9 Å². The summed E-state index contributed by atoms with van der Waals surface area (Å²) in [5, 5.41) is 13.1. The Hall–Kier alpha value is -3.94. The largest absolute Gasteiger partial charge is 0.464 e. The van der Waals surface area contributed by atoms with Crippen LogP contribution in [-0.2, 0) is 14.3 Å². The predicted molar refractivity (Wildman–Crippen MR) is 102 cm³/mol. The first kappa shape index (κ1) is 17.5. The van der Waals surface area contributed by atoms with E-state index in [9.17, 15) is 19.5 Å². The topological polar surface area (TPSA) is 110 Å². The molecule has 8 nitrogen and oxygen atoms in total. The molecule has 1 aliphatic rings. The summed E-state index contributed by atoms with van der Waals surface area (Å²) >= 11 is 0. The standard InChI is InChI=1S/C20H15N3O5/c1-11(24)28-19-18(25)21-16-13-9-5-6-10-14(13)23(20(26)27)17(16)15(22-19)12-7-3-2-4-8-12/h2-10,19H,1H3,(H,21,25)(H,26,27). The molecule has 140 valence electrons. The van der Waals surface area contributed by atoms with Gasteiger partial charge in [-0.05, 0) is 6.07 Å². The van der Waals surface area contributed by atoms with Gasteiger partial charge in [-0.25, -0.2) is 14.4 Å². The van der Waals surface area contributed by atoms with Gasteiger partial charge in [-0.1, -0.05) is 48.5 Å². The molecule has 0 saturated carbocycles. The lowest BCUT2D eigenvalue weighted by atomic mass is 10.1. The number of fused-ring (bicyclic) bond motifs is 3. The molecule has 2 heterocycles. The maximum absolute atomic E-state index is 12.7. The predicted octanol–water partition coefficient (Wildman–Crippen LogP) is 2.85. The molecule has 0 bridgehead atoms. The fourth-order valence-corrected chi connectivity index (χ4v) is 3.26. The number of carbonyl (C=O) groups is 3. The van der Waals surface area contributed by atoms with Crippen molar-refractivity contribution in [3.8, 4) is 0 Å². The van der Waals surface area contributed by atoms with Gasteiger partial charge in [-0.15, -0.1) is 0 Å². The number of rotatable bonds is 2. The number of amides is 1. The number of aromatic nitrogens is 1. The summed E-state index contributed by atoms with van der Waals surface area (Å²) in [7, 11) is 0. The molecule has 2 N–H and O–H groups in total. The van der Waals surface area contributed by atoms with E-state index in [0.717, 1.165) is 4.57 Å². The minimum atomic E-state index is -1.43. The number of carboxylic acid groups (broad SMARTS) is 1. The van der Waals surface area contributed by atoms with Crippen LogP contribution < -0.4 is 5.32 Å². The van der Waals surface area contributed by atoms with Crippen molar-refractivity contribution in [2.24, 2.45) is 4.99 Å². The van der Waals surface area contributed by atoms with Gasteiger partial charge in [0.25, 0.3) is 12.1 Å². The molecular formula is C20H15N3O5. The van der Waals surface area contributed by atoms with Crippen molar-refractivity contribution in [2.75, 3.05) is 5.32 Å². The second-order valence-electron chi connectivity index (χ2n) is 6.15. The molecule has 0 saturated heterocycles. The van der Waals surface area contributed by atoms with Crippen LogP contribution >= 0.6 is 0 Å². The Bertz CT molecular complexity index is 1150. The molecule has 0 fully saturated rings. The third-order valence-electron chi connectivity index (χ3n) is 4.33. The Labute approximate surface area is 159 Å². The van der Waals surface area contributed by atoms with E-state index >= 15 is 0 Å². The van der Waals surface area contributed by atoms with Crippen LogP contribution in [0.5, 0.6) is 0 Å². The number of aliphatic imine (C=N–C) groups is 1. The van der Waals surface area contributed by atoms with E-state index in [2.05, 4.69) is 10.3 Å². The minimum Gasteiger partial charge on any atom is -0.464 e. The number of ether oxygens (including phenoxy) is 1. The molecule has 2 aromatic carbocycles. The molecule has 1 aromatic heterocycles. The monoisotopic (exact) mass is 377 g/mol. The molecule has 0 radical (unpaired) electrons. The van der Waals surface area contributed by atoms with Crippen LogP contribution in [-0.4, -0.2) is 39.6 Å². The van der Waals surface area contributed by atoms with Crippen LogP contribution in [0, 0.1) is 0 Å². The number of anilines is 1. The molecule has 28 heavy (non-hydrogen) atoms. The zero-order valence-corrected chi connectivity index (χ0v) is 14.7. The highest BCUT2D eigenvalue weighted by molar-refractivity contribution is 6.25. The number of benzene rings is 2. The first-order chi connectivity index (χ1) is 13.5. The van der Waals surface area contributed by atoms with Crippen molar-refractivity contribution in [3.05, 3.63) is 65.9 Å². The Kier molecular flexibility index (Phi) is 4.15. The van der Waals surface area contributed by atoms with Gasteiger partial charge < -0.3 is 15.2 Å². The van der Waals surface area contributed by atoms with Gasteiger partial charge in [-0.2, -0.15) is 0 Å². The van der Waals surface area contributed by atoms with Crippen molar-refractivity contribution in [2.45, 2.75) is 13.2 Å². The summed E-state index contributed by atoms with van der Waals surface area (Å²) in [5.41, 5.74) is 1.75. The average Bonchev–Trinajstić information content (AvgIpc) is 2.92. The maximum Gasteiger partial charge on any atom is 0.416 e. The Morgan fingerprint density at radius 2 is 1.79 bits per heavy atom. The van der Waals surface area contributed by atoms with Gasteiger partial charge >= 0.3 is 12.1 Å². The third kappa shape index (κ3) is 2.81. The molecule has 1 aliphatic heterocycles. The number of hydrogen-bond donors (Lipinski definition) is 2. The SMILES string of the molecule is CC(=O)OC1N=C(c2ccccc2)c2c(c3ccccc3n2C(=O)O)NC1=O. The fraction of sp³-hybridized carbons (Fsp3) is 0.100. The van der Waals surface area contributed by atoms with E-state index in [1.807, 2.05) is 0 Å². The number of esters is 1. The summed E-state index contributed by atoms with van der Waals surface area (Å²) in [6.45, 7) is 1.18. The molecule has 1 unspecified atom stereocenters. The number of carbonyl (C=O) groups excluding carboxylic acids is 2. The molecule has 0 spiro atoms. The lowest BCUT2D eigenvalue weighted by Crippen LogP contribution is -2.29. The van der Waals surface area contributed by atoms with Gasteiger partial charge in [0, 0.05) is 17.9 Å². The van der Waals surface area contributed by atoms with Gasteiger partial charge in [0.2, 0.25) is 0 Å². The van der Waals surface area contributed by atoms with Crippen molar-refractivity contribution in [3.63, 3.8) is 0 Å². The summed E-state index contributed by atoms with van der Waals surface area (Å²) in [4.78, 5) is 40.5. The van der Waals surface area contributed by atoms with Crippen LogP contribution in [0.1, 0.15) is 18.2 Å². The van der Waals surface area contributed by atoms with E-state index in [1.165, 1.54) is 6.92 Å². The van der Waals surface area contributed by atoms with Gasteiger partial charge in [0.1, 0.15) is 5.69 Å². The molecule has 4 rings (SSSR count). The lowest BCUT2D eigenvalue weighted by Gasteiger charge is -2.12. The quantitative estimate of drug-likeness (QED) is 0.667. The summed E-state index contributed by atoms with van der Waals surface area (Å²) in [5.74, 6) is -1.33. The third-order valence-corrected chi connectivity index (χ3v) is 4.33.